The lowest BCUT2D eigenvalue weighted by atomic mass is 10.1. The standard InChI is InChI=1S/C28H26ClN3O3S/c1-19(27(34)35)30-26(33)22-13-11-21(12-14-22)17-32(16-15-20-7-3-2-4-8-20)28-31-25(18-36-28)23-9-5-6-10-24(23)29/h2-14,18-19H,15-17H2,1H3,(H,30,33)(H,34,35). The smallest absolute Gasteiger partial charge is 0.325 e. The molecule has 1 amide bonds. The molecule has 3 aromatic carbocycles. The van der Waals surface area contributed by atoms with Gasteiger partial charge in [0.25, 0.3) is 5.91 Å². The molecule has 6 nitrogen and oxygen atoms in total. The van der Waals surface area contributed by atoms with E-state index in [4.69, 9.17) is 21.7 Å². The van der Waals surface area contributed by atoms with E-state index in [1.54, 1.807) is 23.5 Å². The highest BCUT2D eigenvalue weighted by molar-refractivity contribution is 7.14. The molecule has 0 saturated carbocycles. The molecule has 1 unspecified atom stereocenters. The summed E-state index contributed by atoms with van der Waals surface area (Å²) in [7, 11) is 0. The summed E-state index contributed by atoms with van der Waals surface area (Å²) in [5.74, 6) is -1.49. The van der Waals surface area contributed by atoms with Crippen molar-refractivity contribution in [2.75, 3.05) is 11.4 Å². The van der Waals surface area contributed by atoms with Gasteiger partial charge in [-0.25, -0.2) is 4.98 Å². The number of carboxylic acid groups (broad SMARTS) is 1. The van der Waals surface area contributed by atoms with E-state index in [1.807, 2.05) is 60.0 Å². The van der Waals surface area contributed by atoms with Gasteiger partial charge in [0.15, 0.2) is 5.13 Å². The predicted molar refractivity (Wildman–Crippen MR) is 145 cm³/mol. The Morgan fingerprint density at radius 3 is 2.39 bits per heavy atom. The van der Waals surface area contributed by atoms with Crippen molar-refractivity contribution in [2.24, 2.45) is 0 Å². The lowest BCUT2D eigenvalue weighted by molar-refractivity contribution is -0.138. The zero-order chi connectivity index (χ0) is 25.5. The summed E-state index contributed by atoms with van der Waals surface area (Å²) in [6, 6.07) is 24.2. The Labute approximate surface area is 219 Å². The molecule has 36 heavy (non-hydrogen) atoms. The van der Waals surface area contributed by atoms with Gasteiger partial charge in [0, 0.05) is 34.6 Å². The van der Waals surface area contributed by atoms with Crippen molar-refractivity contribution in [3.05, 3.63) is 106 Å². The van der Waals surface area contributed by atoms with Crippen molar-refractivity contribution in [2.45, 2.75) is 25.9 Å². The Bertz CT molecular complexity index is 1330. The van der Waals surface area contributed by atoms with Crippen LogP contribution in [0.3, 0.4) is 0 Å². The SMILES string of the molecule is CC(NC(=O)c1ccc(CN(CCc2ccccc2)c2nc(-c3ccccc3Cl)cs2)cc1)C(=O)O. The average Bonchev–Trinajstić information content (AvgIpc) is 3.37. The van der Waals surface area contributed by atoms with Gasteiger partial charge >= 0.3 is 5.97 Å². The number of thiazole rings is 1. The third-order valence-electron chi connectivity index (χ3n) is 5.73. The van der Waals surface area contributed by atoms with E-state index in [9.17, 15) is 9.59 Å². The van der Waals surface area contributed by atoms with Crippen LogP contribution in [0, 0.1) is 0 Å². The van der Waals surface area contributed by atoms with Crippen molar-refractivity contribution >= 4 is 39.9 Å². The Balaban J connectivity index is 1.53. The van der Waals surface area contributed by atoms with Crippen LogP contribution >= 0.6 is 22.9 Å². The summed E-state index contributed by atoms with van der Waals surface area (Å²) in [4.78, 5) is 30.5. The van der Waals surface area contributed by atoms with Crippen LogP contribution in [0.4, 0.5) is 5.13 Å². The van der Waals surface area contributed by atoms with Gasteiger partial charge in [-0.15, -0.1) is 11.3 Å². The fourth-order valence-electron chi connectivity index (χ4n) is 3.68. The molecule has 0 spiro atoms. The Kier molecular flexibility index (Phi) is 8.36. The maximum absolute atomic E-state index is 12.3. The number of hydrogen-bond acceptors (Lipinski definition) is 5. The number of hydrogen-bond donors (Lipinski definition) is 2. The van der Waals surface area contributed by atoms with Gasteiger partial charge < -0.3 is 15.3 Å². The largest absolute Gasteiger partial charge is 0.480 e. The first kappa shape index (κ1) is 25.4. The maximum atomic E-state index is 12.3. The predicted octanol–water partition coefficient (Wildman–Crippen LogP) is 5.92. The minimum absolute atomic E-state index is 0.415. The second-order valence-electron chi connectivity index (χ2n) is 8.38. The van der Waals surface area contributed by atoms with Crippen molar-refractivity contribution < 1.29 is 14.7 Å². The third-order valence-corrected chi connectivity index (χ3v) is 6.96. The maximum Gasteiger partial charge on any atom is 0.325 e. The number of amides is 1. The van der Waals surface area contributed by atoms with E-state index in [1.165, 1.54) is 12.5 Å². The van der Waals surface area contributed by atoms with E-state index in [0.717, 1.165) is 34.9 Å². The Hall–Kier alpha value is -3.68. The minimum atomic E-state index is -1.08. The lowest BCUT2D eigenvalue weighted by Crippen LogP contribution is -2.38. The zero-order valence-electron chi connectivity index (χ0n) is 19.7. The molecule has 1 aromatic heterocycles. The summed E-state index contributed by atoms with van der Waals surface area (Å²) in [5, 5.41) is 15.1. The zero-order valence-corrected chi connectivity index (χ0v) is 21.3. The van der Waals surface area contributed by atoms with Crippen LogP contribution in [0.1, 0.15) is 28.4 Å². The number of aromatic nitrogens is 1. The second kappa shape index (κ2) is 11.8. The van der Waals surface area contributed by atoms with Crippen molar-refractivity contribution in [3.8, 4) is 11.3 Å². The third kappa shape index (κ3) is 6.50. The number of aliphatic carboxylic acids is 1. The van der Waals surface area contributed by atoms with E-state index in [0.29, 0.717) is 17.1 Å². The molecule has 4 aromatic rings. The van der Waals surface area contributed by atoms with Gasteiger partial charge in [0.2, 0.25) is 0 Å². The molecule has 0 aliphatic rings. The number of halogens is 1. The number of nitrogens with zero attached hydrogens (tertiary/aromatic N) is 2. The number of benzene rings is 3. The highest BCUT2D eigenvalue weighted by Gasteiger charge is 2.17. The number of nitrogens with one attached hydrogen (secondary N) is 1. The number of carboxylic acids is 1. The van der Waals surface area contributed by atoms with Gasteiger partial charge in [0.1, 0.15) is 6.04 Å². The highest BCUT2D eigenvalue weighted by atomic mass is 35.5. The number of rotatable bonds is 10. The normalized spacial score (nSPS) is 11.6. The second-order valence-corrected chi connectivity index (χ2v) is 9.63. The molecule has 0 bridgehead atoms. The monoisotopic (exact) mass is 519 g/mol. The van der Waals surface area contributed by atoms with Crippen LogP contribution in [0.25, 0.3) is 11.3 Å². The summed E-state index contributed by atoms with van der Waals surface area (Å²) < 4.78 is 0. The van der Waals surface area contributed by atoms with Crippen molar-refractivity contribution in [1.29, 1.82) is 0 Å². The fourth-order valence-corrected chi connectivity index (χ4v) is 4.76. The Morgan fingerprint density at radius 1 is 1.00 bits per heavy atom. The molecule has 1 heterocycles. The average molecular weight is 520 g/mol. The van der Waals surface area contributed by atoms with Crippen molar-refractivity contribution in [1.82, 2.24) is 10.3 Å². The topological polar surface area (TPSA) is 82.5 Å². The quantitative estimate of drug-likeness (QED) is 0.272. The Morgan fingerprint density at radius 2 is 1.69 bits per heavy atom. The molecule has 8 heteroatoms. The molecule has 184 valence electrons. The summed E-state index contributed by atoms with van der Waals surface area (Å²) in [5.41, 5.74) is 4.41. The van der Waals surface area contributed by atoms with Crippen LogP contribution in [0.15, 0.2) is 84.2 Å². The van der Waals surface area contributed by atoms with Gasteiger partial charge in [-0.2, -0.15) is 0 Å². The minimum Gasteiger partial charge on any atom is -0.480 e. The first-order chi connectivity index (χ1) is 17.4. The molecule has 0 saturated heterocycles. The van der Waals surface area contributed by atoms with E-state index < -0.39 is 17.9 Å². The fraction of sp³-hybridized carbons (Fsp3) is 0.179. The van der Waals surface area contributed by atoms with E-state index in [-0.39, 0.29) is 0 Å². The molecule has 0 radical (unpaired) electrons. The molecule has 4 rings (SSSR count). The molecular weight excluding hydrogens is 494 g/mol. The highest BCUT2D eigenvalue weighted by Crippen LogP contribution is 2.32. The van der Waals surface area contributed by atoms with Gasteiger partial charge in [-0.05, 0) is 42.7 Å². The van der Waals surface area contributed by atoms with Gasteiger partial charge in [-0.3, -0.25) is 9.59 Å². The molecular formula is C28H26ClN3O3S. The van der Waals surface area contributed by atoms with Crippen molar-refractivity contribution in [3.63, 3.8) is 0 Å². The molecule has 0 aliphatic carbocycles. The first-order valence-electron chi connectivity index (χ1n) is 11.5. The van der Waals surface area contributed by atoms with E-state index >= 15 is 0 Å². The first-order valence-corrected chi connectivity index (χ1v) is 12.8. The lowest BCUT2D eigenvalue weighted by Gasteiger charge is -2.22. The van der Waals surface area contributed by atoms with E-state index in [2.05, 4.69) is 22.3 Å². The molecule has 0 fully saturated rings. The summed E-state index contributed by atoms with van der Waals surface area (Å²) >= 11 is 7.96. The van der Waals surface area contributed by atoms with Crippen LogP contribution in [-0.4, -0.2) is 34.6 Å². The number of carbonyl (C=O) groups excluding carboxylic acids is 1. The van der Waals surface area contributed by atoms with Gasteiger partial charge in [-0.1, -0.05) is 72.3 Å². The number of anilines is 1. The van der Waals surface area contributed by atoms with Gasteiger partial charge in [0.05, 0.1) is 5.69 Å². The number of carbonyl (C=O) groups is 2. The molecule has 1 atom stereocenters. The van der Waals surface area contributed by atoms with Crippen LogP contribution in [0.5, 0.6) is 0 Å². The van der Waals surface area contributed by atoms with Crippen LogP contribution in [0.2, 0.25) is 5.02 Å². The van der Waals surface area contributed by atoms with Crippen LogP contribution in [-0.2, 0) is 17.8 Å². The van der Waals surface area contributed by atoms with Crippen LogP contribution < -0.4 is 10.2 Å². The molecule has 0 aliphatic heterocycles. The molecule has 2 N–H and O–H groups in total. The summed E-state index contributed by atoms with van der Waals surface area (Å²) in [6.07, 6.45) is 0.857. The summed E-state index contributed by atoms with van der Waals surface area (Å²) in [6.45, 7) is 2.80.